The second-order valence-electron chi connectivity index (χ2n) is 7.03. The number of amides is 3. The summed E-state index contributed by atoms with van der Waals surface area (Å²) in [6.07, 6.45) is 2.75. The van der Waals surface area contributed by atoms with Gasteiger partial charge in [0.2, 0.25) is 0 Å². The van der Waals surface area contributed by atoms with E-state index in [-0.39, 0.29) is 5.92 Å². The number of halogens is 1. The minimum Gasteiger partial charge on any atom is -0.455 e. The molecule has 0 unspecified atom stereocenters. The van der Waals surface area contributed by atoms with Crippen molar-refractivity contribution < 1.29 is 23.5 Å². The van der Waals surface area contributed by atoms with Crippen LogP contribution in [-0.2, 0) is 19.7 Å². The van der Waals surface area contributed by atoms with Crippen LogP contribution < -0.4 is 10.6 Å². The van der Waals surface area contributed by atoms with E-state index in [1.54, 1.807) is 12.1 Å². The van der Waals surface area contributed by atoms with Gasteiger partial charge < -0.3 is 10.1 Å². The highest BCUT2D eigenvalue weighted by Gasteiger charge is 2.44. The Bertz CT molecular complexity index is 669. The van der Waals surface area contributed by atoms with E-state index in [9.17, 15) is 18.8 Å². The van der Waals surface area contributed by atoms with E-state index in [1.807, 2.05) is 13.8 Å². The van der Waals surface area contributed by atoms with Gasteiger partial charge >= 0.3 is 12.0 Å². The molecule has 1 saturated carbocycles. The molecule has 0 aliphatic heterocycles. The first-order chi connectivity index (χ1) is 12.3. The Morgan fingerprint density at radius 1 is 1.23 bits per heavy atom. The highest BCUT2D eigenvalue weighted by atomic mass is 19.1. The zero-order valence-electron chi connectivity index (χ0n) is 15.1. The number of carbonyl (C=O) groups excluding carboxylic acids is 3. The fraction of sp³-hybridized carbons (Fsp3) is 0.526. The third-order valence-corrected chi connectivity index (χ3v) is 4.48. The van der Waals surface area contributed by atoms with Gasteiger partial charge in [0.1, 0.15) is 5.82 Å². The van der Waals surface area contributed by atoms with Crippen LogP contribution in [0.3, 0.4) is 0 Å². The van der Waals surface area contributed by atoms with Crippen molar-refractivity contribution >= 4 is 17.9 Å². The molecular weight excluding hydrogens is 339 g/mol. The number of benzene rings is 1. The lowest BCUT2D eigenvalue weighted by atomic mass is 9.79. The van der Waals surface area contributed by atoms with E-state index in [2.05, 4.69) is 10.6 Å². The van der Waals surface area contributed by atoms with Gasteiger partial charge in [0, 0.05) is 6.54 Å². The van der Waals surface area contributed by atoms with Crippen molar-refractivity contribution in [3.8, 4) is 0 Å². The molecule has 0 saturated heterocycles. The molecule has 2 rings (SSSR count). The third-order valence-electron chi connectivity index (χ3n) is 4.48. The number of esters is 1. The molecule has 1 aliphatic carbocycles. The number of imide groups is 1. The topological polar surface area (TPSA) is 84.5 Å². The van der Waals surface area contributed by atoms with Crippen molar-refractivity contribution in [3.05, 3.63) is 35.6 Å². The third kappa shape index (κ3) is 5.03. The minimum atomic E-state index is -0.928. The van der Waals surface area contributed by atoms with E-state index in [4.69, 9.17) is 4.74 Å². The minimum absolute atomic E-state index is 0.252. The van der Waals surface area contributed by atoms with Crippen molar-refractivity contribution in [2.75, 3.05) is 13.2 Å². The van der Waals surface area contributed by atoms with E-state index in [1.165, 1.54) is 12.1 Å². The summed E-state index contributed by atoms with van der Waals surface area (Å²) in [7, 11) is 0. The Balaban J connectivity index is 1.94. The van der Waals surface area contributed by atoms with Gasteiger partial charge in [-0.2, -0.15) is 0 Å². The zero-order valence-corrected chi connectivity index (χ0v) is 15.1. The van der Waals surface area contributed by atoms with Gasteiger partial charge in [0.15, 0.2) is 6.61 Å². The first-order valence-electron chi connectivity index (χ1n) is 8.84. The van der Waals surface area contributed by atoms with Gasteiger partial charge in [0.25, 0.3) is 5.91 Å². The second-order valence-corrected chi connectivity index (χ2v) is 7.03. The maximum atomic E-state index is 13.6. The molecule has 1 fully saturated rings. The number of rotatable bonds is 6. The molecule has 2 N–H and O–H groups in total. The molecule has 142 valence electrons. The van der Waals surface area contributed by atoms with Crippen LogP contribution in [0.5, 0.6) is 0 Å². The Morgan fingerprint density at radius 3 is 2.54 bits per heavy atom. The molecule has 3 amide bonds. The van der Waals surface area contributed by atoms with Crippen LogP contribution in [0.25, 0.3) is 0 Å². The van der Waals surface area contributed by atoms with Crippen molar-refractivity contribution in [1.82, 2.24) is 10.6 Å². The van der Waals surface area contributed by atoms with Crippen LogP contribution in [0.2, 0.25) is 0 Å². The predicted octanol–water partition coefficient (Wildman–Crippen LogP) is 2.66. The lowest BCUT2D eigenvalue weighted by Gasteiger charge is -2.27. The van der Waals surface area contributed by atoms with Gasteiger partial charge in [0.05, 0.1) is 5.41 Å². The van der Waals surface area contributed by atoms with Gasteiger partial charge in [-0.25, -0.2) is 9.18 Å². The molecule has 0 aromatic heterocycles. The van der Waals surface area contributed by atoms with E-state index in [0.29, 0.717) is 24.9 Å². The van der Waals surface area contributed by atoms with Crippen LogP contribution in [0.1, 0.15) is 45.1 Å². The lowest BCUT2D eigenvalue weighted by molar-refractivity contribution is -0.154. The molecule has 7 heteroatoms. The van der Waals surface area contributed by atoms with Crippen molar-refractivity contribution in [1.29, 1.82) is 0 Å². The number of nitrogens with one attached hydrogen (secondary N) is 2. The van der Waals surface area contributed by atoms with E-state index < -0.39 is 35.7 Å². The normalized spacial score (nSPS) is 15.5. The zero-order chi connectivity index (χ0) is 19.2. The molecule has 1 aliphatic rings. The quantitative estimate of drug-likeness (QED) is 0.760. The van der Waals surface area contributed by atoms with Crippen LogP contribution >= 0.6 is 0 Å². The van der Waals surface area contributed by atoms with Crippen molar-refractivity contribution in [2.45, 2.75) is 44.9 Å². The Morgan fingerprint density at radius 2 is 1.92 bits per heavy atom. The molecule has 1 aromatic rings. The van der Waals surface area contributed by atoms with Crippen LogP contribution in [0.4, 0.5) is 9.18 Å². The van der Waals surface area contributed by atoms with Crippen molar-refractivity contribution in [2.24, 2.45) is 5.92 Å². The number of carbonyl (C=O) groups is 3. The second kappa shape index (κ2) is 8.78. The van der Waals surface area contributed by atoms with Gasteiger partial charge in [-0.3, -0.25) is 14.9 Å². The highest BCUT2D eigenvalue weighted by Crippen LogP contribution is 2.42. The molecule has 0 bridgehead atoms. The smallest absolute Gasteiger partial charge is 0.321 e. The van der Waals surface area contributed by atoms with Crippen LogP contribution in [0, 0.1) is 11.7 Å². The summed E-state index contributed by atoms with van der Waals surface area (Å²) in [5.74, 6) is -1.42. The summed E-state index contributed by atoms with van der Waals surface area (Å²) < 4.78 is 18.7. The van der Waals surface area contributed by atoms with Crippen molar-refractivity contribution in [3.63, 3.8) is 0 Å². The maximum absolute atomic E-state index is 13.6. The average Bonchev–Trinajstić information content (AvgIpc) is 3.09. The number of urea groups is 1. The summed E-state index contributed by atoms with van der Waals surface area (Å²) in [4.78, 5) is 36.0. The largest absolute Gasteiger partial charge is 0.455 e. The predicted molar refractivity (Wildman–Crippen MR) is 93.9 cm³/mol. The molecule has 6 nitrogen and oxygen atoms in total. The molecular formula is C19H25FN2O4. The molecule has 0 spiro atoms. The SMILES string of the molecule is CC(C)CNC(=O)NC(=O)COC(=O)C1(c2cccc(F)c2)CCCC1. The number of ether oxygens (including phenoxy) is 1. The van der Waals surface area contributed by atoms with Gasteiger partial charge in [-0.05, 0) is 36.5 Å². The van der Waals surface area contributed by atoms with E-state index in [0.717, 1.165) is 12.8 Å². The van der Waals surface area contributed by atoms with Crippen LogP contribution in [-0.4, -0.2) is 31.1 Å². The van der Waals surface area contributed by atoms with E-state index >= 15 is 0 Å². The van der Waals surface area contributed by atoms with Crippen LogP contribution in [0.15, 0.2) is 24.3 Å². The summed E-state index contributed by atoms with van der Waals surface area (Å²) in [5, 5.41) is 4.66. The first kappa shape index (κ1) is 19.9. The van der Waals surface area contributed by atoms with Gasteiger partial charge in [-0.1, -0.05) is 38.8 Å². The van der Waals surface area contributed by atoms with Gasteiger partial charge in [-0.15, -0.1) is 0 Å². The average molecular weight is 364 g/mol. The maximum Gasteiger partial charge on any atom is 0.321 e. The highest BCUT2D eigenvalue weighted by molar-refractivity contribution is 5.96. The number of hydrogen-bond acceptors (Lipinski definition) is 4. The summed E-state index contributed by atoms with van der Waals surface area (Å²) in [6.45, 7) is 3.74. The molecule has 0 radical (unpaired) electrons. The monoisotopic (exact) mass is 364 g/mol. The Hall–Kier alpha value is -2.44. The molecule has 1 aromatic carbocycles. The summed E-state index contributed by atoms with van der Waals surface area (Å²) in [6, 6.07) is 5.30. The first-order valence-corrected chi connectivity index (χ1v) is 8.84. The summed E-state index contributed by atoms with van der Waals surface area (Å²) in [5.41, 5.74) is -0.363. The fourth-order valence-corrected chi connectivity index (χ4v) is 3.15. The standard InChI is InChI=1S/C19H25FN2O4/c1-13(2)11-21-18(25)22-16(23)12-26-17(24)19(8-3-4-9-19)14-6-5-7-15(20)10-14/h5-7,10,13H,3-4,8-9,11-12H2,1-2H3,(H2,21,22,23,25). The molecule has 0 heterocycles. The Labute approximate surface area is 152 Å². The summed E-state index contributed by atoms with van der Waals surface area (Å²) >= 11 is 0. The fourth-order valence-electron chi connectivity index (χ4n) is 3.15. The lowest BCUT2D eigenvalue weighted by Crippen LogP contribution is -2.43. The molecule has 0 atom stereocenters. The Kier molecular flexibility index (Phi) is 6.71. The molecule has 26 heavy (non-hydrogen) atoms. The number of hydrogen-bond donors (Lipinski definition) is 2.